The normalized spacial score (nSPS) is 19.0. The highest BCUT2D eigenvalue weighted by Crippen LogP contribution is 2.38. The van der Waals surface area contributed by atoms with Gasteiger partial charge in [0, 0.05) is 50.2 Å². The van der Waals surface area contributed by atoms with Crippen molar-refractivity contribution in [1.29, 1.82) is 0 Å². The lowest BCUT2D eigenvalue weighted by molar-refractivity contribution is -0.131. The van der Waals surface area contributed by atoms with Crippen LogP contribution in [-0.2, 0) is 20.8 Å². The standard InChI is InChI=1S/C18H21ClN4O3/c1-20-18(26)15(21-11-24)5-6-17(25)22-7-8-23-12(10-22)9-13-14(19)3-2-4-16(13)23/h2-4,11-12H,5-10H2,1H3,(H,20,26). The van der Waals surface area contributed by atoms with Gasteiger partial charge in [0.1, 0.15) is 5.71 Å². The predicted molar refractivity (Wildman–Crippen MR) is 99.7 cm³/mol. The molecule has 26 heavy (non-hydrogen) atoms. The molecule has 0 aromatic heterocycles. The van der Waals surface area contributed by atoms with Gasteiger partial charge in [0.15, 0.2) is 0 Å². The second-order valence-electron chi connectivity index (χ2n) is 6.39. The fourth-order valence-electron chi connectivity index (χ4n) is 3.66. The minimum atomic E-state index is -0.435. The fraction of sp³-hybridized carbons (Fsp3) is 0.444. The third-order valence-corrected chi connectivity index (χ3v) is 5.31. The molecular weight excluding hydrogens is 356 g/mol. The third kappa shape index (κ3) is 3.58. The van der Waals surface area contributed by atoms with E-state index in [1.807, 2.05) is 17.0 Å². The zero-order valence-electron chi connectivity index (χ0n) is 14.6. The SMILES string of the molecule is CNC(=O)C(CCC(=O)N1CCN2c3cccc(Cl)c3CC2C1)=NC=O. The average molecular weight is 377 g/mol. The quantitative estimate of drug-likeness (QED) is 0.615. The van der Waals surface area contributed by atoms with E-state index in [9.17, 15) is 14.4 Å². The maximum Gasteiger partial charge on any atom is 0.265 e. The first kappa shape index (κ1) is 18.4. The molecule has 0 radical (unpaired) electrons. The highest BCUT2D eigenvalue weighted by Gasteiger charge is 2.36. The van der Waals surface area contributed by atoms with Crippen LogP contribution in [0.2, 0.25) is 5.02 Å². The molecule has 0 spiro atoms. The number of aliphatic imine (C=N–C) groups is 1. The second kappa shape index (κ2) is 7.86. The van der Waals surface area contributed by atoms with Crippen molar-refractivity contribution in [2.75, 3.05) is 31.6 Å². The van der Waals surface area contributed by atoms with Crippen molar-refractivity contribution in [2.24, 2.45) is 4.99 Å². The molecule has 1 aromatic rings. The van der Waals surface area contributed by atoms with Crippen molar-refractivity contribution in [3.63, 3.8) is 0 Å². The van der Waals surface area contributed by atoms with Gasteiger partial charge in [0.2, 0.25) is 12.3 Å². The van der Waals surface area contributed by atoms with Gasteiger partial charge in [-0.1, -0.05) is 17.7 Å². The Bertz CT molecular complexity index is 765. The Morgan fingerprint density at radius 1 is 1.35 bits per heavy atom. The number of anilines is 1. The number of halogens is 1. The first-order chi connectivity index (χ1) is 12.5. The molecule has 7 nitrogen and oxygen atoms in total. The predicted octanol–water partition coefficient (Wildman–Crippen LogP) is 1.04. The van der Waals surface area contributed by atoms with Gasteiger partial charge in [-0.05, 0) is 24.1 Å². The number of amides is 3. The molecule has 2 aliphatic heterocycles. The molecule has 1 N–H and O–H groups in total. The van der Waals surface area contributed by atoms with Crippen molar-refractivity contribution < 1.29 is 14.4 Å². The number of hydrogen-bond donors (Lipinski definition) is 1. The van der Waals surface area contributed by atoms with Gasteiger partial charge in [-0.3, -0.25) is 14.4 Å². The van der Waals surface area contributed by atoms with Crippen LogP contribution in [0, 0.1) is 0 Å². The maximum atomic E-state index is 12.6. The van der Waals surface area contributed by atoms with Gasteiger partial charge in [-0.2, -0.15) is 0 Å². The van der Waals surface area contributed by atoms with Crippen molar-refractivity contribution >= 4 is 41.2 Å². The van der Waals surface area contributed by atoms with E-state index >= 15 is 0 Å². The molecule has 0 aliphatic carbocycles. The molecule has 0 saturated carbocycles. The van der Waals surface area contributed by atoms with Crippen molar-refractivity contribution in [3.05, 3.63) is 28.8 Å². The van der Waals surface area contributed by atoms with E-state index in [1.54, 1.807) is 0 Å². The lowest BCUT2D eigenvalue weighted by atomic mass is 10.1. The Balaban J connectivity index is 1.60. The summed E-state index contributed by atoms with van der Waals surface area (Å²) in [5.74, 6) is -0.468. The van der Waals surface area contributed by atoms with Gasteiger partial charge < -0.3 is 15.1 Å². The third-order valence-electron chi connectivity index (χ3n) is 4.95. The van der Waals surface area contributed by atoms with E-state index in [0.717, 1.165) is 29.2 Å². The van der Waals surface area contributed by atoms with Crippen molar-refractivity contribution in [1.82, 2.24) is 10.2 Å². The largest absolute Gasteiger partial charge is 0.364 e. The van der Waals surface area contributed by atoms with Gasteiger partial charge in [0.05, 0.1) is 6.04 Å². The Morgan fingerprint density at radius 2 is 2.15 bits per heavy atom. The summed E-state index contributed by atoms with van der Waals surface area (Å²) in [4.78, 5) is 42.4. The molecule has 138 valence electrons. The lowest BCUT2D eigenvalue weighted by Crippen LogP contribution is -2.53. The highest BCUT2D eigenvalue weighted by atomic mass is 35.5. The van der Waals surface area contributed by atoms with Gasteiger partial charge in [0.25, 0.3) is 5.91 Å². The summed E-state index contributed by atoms with van der Waals surface area (Å²) in [6, 6.07) is 6.15. The maximum absolute atomic E-state index is 12.6. The van der Waals surface area contributed by atoms with E-state index in [-0.39, 0.29) is 30.5 Å². The first-order valence-electron chi connectivity index (χ1n) is 8.59. The molecule has 1 fully saturated rings. The van der Waals surface area contributed by atoms with Crippen LogP contribution in [0.4, 0.5) is 5.69 Å². The van der Waals surface area contributed by atoms with Crippen LogP contribution in [0.25, 0.3) is 0 Å². The Kier molecular flexibility index (Phi) is 5.56. The van der Waals surface area contributed by atoms with Crippen LogP contribution in [-0.4, -0.2) is 61.6 Å². The number of nitrogens with one attached hydrogen (secondary N) is 1. The molecule has 2 aliphatic rings. The summed E-state index contributed by atoms with van der Waals surface area (Å²) in [6.07, 6.45) is 1.46. The minimum absolute atomic E-state index is 0.0331. The number of rotatable bonds is 5. The summed E-state index contributed by atoms with van der Waals surface area (Å²) in [7, 11) is 1.46. The first-order valence-corrected chi connectivity index (χ1v) is 8.97. The molecule has 2 heterocycles. The lowest BCUT2D eigenvalue weighted by Gasteiger charge is -2.39. The minimum Gasteiger partial charge on any atom is -0.364 e. The molecule has 1 saturated heterocycles. The number of piperazine rings is 1. The number of nitrogens with zero attached hydrogens (tertiary/aromatic N) is 3. The van der Waals surface area contributed by atoms with Crippen molar-refractivity contribution in [3.8, 4) is 0 Å². The summed E-state index contributed by atoms with van der Waals surface area (Å²) >= 11 is 6.30. The zero-order valence-corrected chi connectivity index (χ0v) is 15.3. The Labute approximate surface area is 157 Å². The van der Waals surface area contributed by atoms with E-state index < -0.39 is 5.91 Å². The molecular formula is C18H21ClN4O3. The van der Waals surface area contributed by atoms with Crippen molar-refractivity contribution in [2.45, 2.75) is 25.3 Å². The summed E-state index contributed by atoms with van der Waals surface area (Å²) < 4.78 is 0. The average Bonchev–Trinajstić information content (AvgIpc) is 3.03. The Hall–Kier alpha value is -2.41. The van der Waals surface area contributed by atoms with Crippen LogP contribution >= 0.6 is 11.6 Å². The molecule has 0 bridgehead atoms. The highest BCUT2D eigenvalue weighted by molar-refractivity contribution is 6.40. The molecule has 8 heteroatoms. The van der Waals surface area contributed by atoms with Crippen LogP contribution < -0.4 is 10.2 Å². The Morgan fingerprint density at radius 3 is 2.88 bits per heavy atom. The summed E-state index contributed by atoms with van der Waals surface area (Å²) in [5, 5.41) is 3.20. The topological polar surface area (TPSA) is 82.1 Å². The molecule has 3 rings (SSSR count). The molecule has 1 unspecified atom stereocenters. The number of benzene rings is 1. The van der Waals surface area contributed by atoms with E-state index in [4.69, 9.17) is 11.6 Å². The second-order valence-corrected chi connectivity index (χ2v) is 6.80. The molecule has 1 atom stereocenters. The fourth-order valence-corrected chi connectivity index (χ4v) is 3.90. The molecule has 1 aromatic carbocycles. The van der Waals surface area contributed by atoms with Crippen LogP contribution in [0.1, 0.15) is 18.4 Å². The summed E-state index contributed by atoms with van der Waals surface area (Å²) in [5.41, 5.74) is 2.39. The summed E-state index contributed by atoms with van der Waals surface area (Å²) in [6.45, 7) is 2.01. The van der Waals surface area contributed by atoms with E-state index in [1.165, 1.54) is 7.05 Å². The zero-order chi connectivity index (χ0) is 18.7. The molecule has 3 amide bonds. The number of hydrogen-bond acceptors (Lipinski definition) is 4. The van der Waals surface area contributed by atoms with Crippen LogP contribution in [0.3, 0.4) is 0 Å². The van der Waals surface area contributed by atoms with Gasteiger partial charge in [-0.15, -0.1) is 0 Å². The monoisotopic (exact) mass is 376 g/mol. The van der Waals surface area contributed by atoms with Gasteiger partial charge in [-0.25, -0.2) is 4.99 Å². The van der Waals surface area contributed by atoms with E-state index in [0.29, 0.717) is 19.5 Å². The van der Waals surface area contributed by atoms with E-state index in [2.05, 4.69) is 21.3 Å². The van der Waals surface area contributed by atoms with Crippen LogP contribution in [0.5, 0.6) is 0 Å². The number of carbonyl (C=O) groups is 3. The number of fused-ring (bicyclic) bond motifs is 3. The number of carbonyl (C=O) groups excluding carboxylic acids is 3. The van der Waals surface area contributed by atoms with Crippen LogP contribution in [0.15, 0.2) is 23.2 Å². The smallest absolute Gasteiger partial charge is 0.265 e. The van der Waals surface area contributed by atoms with Gasteiger partial charge >= 0.3 is 0 Å².